The summed E-state index contributed by atoms with van der Waals surface area (Å²) >= 11 is 0. The van der Waals surface area contributed by atoms with Crippen molar-refractivity contribution < 1.29 is 17.9 Å². The van der Waals surface area contributed by atoms with E-state index in [4.69, 9.17) is 9.47 Å². The fourth-order valence-corrected chi connectivity index (χ4v) is 3.76. The highest BCUT2D eigenvalue weighted by molar-refractivity contribution is 7.90. The van der Waals surface area contributed by atoms with Gasteiger partial charge in [0.1, 0.15) is 0 Å². The number of ether oxygens (including phenoxy) is 2. The molecule has 0 spiro atoms. The molecule has 1 aromatic carbocycles. The van der Waals surface area contributed by atoms with Crippen LogP contribution in [-0.4, -0.2) is 59.6 Å². The number of nitrogens with zero attached hydrogens (tertiary/aromatic N) is 1. The highest BCUT2D eigenvalue weighted by atomic mass is 32.2. The standard InChI is InChI=1S/C17H25N3O4S/c1-23-17-16(12-5-7-14(8-6-12)25(2,21)22)20-15(11-19-17)18-10-13-4-3-9-24-13/h5-8,11,13,15-18,20H,3-4,9-10H2,1-2H3. The normalized spacial score (nSPS) is 29.8. The lowest BCUT2D eigenvalue weighted by molar-refractivity contribution is 0.0637. The van der Waals surface area contributed by atoms with Gasteiger partial charge in [0.2, 0.25) is 0 Å². The van der Waals surface area contributed by atoms with Crippen molar-refractivity contribution in [2.24, 2.45) is 4.99 Å². The number of hydrogen-bond donors (Lipinski definition) is 2. The summed E-state index contributed by atoms with van der Waals surface area (Å²) < 4.78 is 34.3. The summed E-state index contributed by atoms with van der Waals surface area (Å²) in [5.41, 5.74) is 0.931. The van der Waals surface area contributed by atoms with Gasteiger partial charge in [0.25, 0.3) is 0 Å². The first kappa shape index (κ1) is 18.5. The minimum absolute atomic E-state index is 0.0878. The van der Waals surface area contributed by atoms with Gasteiger partial charge >= 0.3 is 0 Å². The Kier molecular flexibility index (Phi) is 5.85. The molecule has 2 aliphatic heterocycles. The molecule has 1 aromatic rings. The van der Waals surface area contributed by atoms with Crippen LogP contribution in [0.2, 0.25) is 0 Å². The fraction of sp³-hybridized carbons (Fsp3) is 0.588. The molecule has 0 saturated carbocycles. The van der Waals surface area contributed by atoms with Crippen molar-refractivity contribution in [3.05, 3.63) is 29.8 Å². The van der Waals surface area contributed by atoms with Crippen molar-refractivity contribution in [2.75, 3.05) is 26.5 Å². The molecule has 0 aliphatic carbocycles. The van der Waals surface area contributed by atoms with Crippen molar-refractivity contribution >= 4 is 16.1 Å². The minimum Gasteiger partial charge on any atom is -0.377 e. The largest absolute Gasteiger partial charge is 0.377 e. The van der Waals surface area contributed by atoms with Crippen molar-refractivity contribution in [1.82, 2.24) is 10.6 Å². The van der Waals surface area contributed by atoms with E-state index in [1.807, 2.05) is 6.21 Å². The van der Waals surface area contributed by atoms with Gasteiger partial charge in [-0.1, -0.05) is 12.1 Å². The third-order valence-corrected chi connectivity index (χ3v) is 5.65. The summed E-state index contributed by atoms with van der Waals surface area (Å²) in [5.74, 6) is 0. The highest BCUT2D eigenvalue weighted by Gasteiger charge is 2.29. The first-order valence-electron chi connectivity index (χ1n) is 8.44. The summed E-state index contributed by atoms with van der Waals surface area (Å²) in [6.45, 7) is 1.60. The molecule has 0 bridgehead atoms. The van der Waals surface area contributed by atoms with E-state index in [1.54, 1.807) is 31.4 Å². The molecule has 0 radical (unpaired) electrons. The quantitative estimate of drug-likeness (QED) is 0.776. The zero-order valence-corrected chi connectivity index (χ0v) is 15.3. The Morgan fingerprint density at radius 3 is 2.72 bits per heavy atom. The maximum atomic E-state index is 11.6. The van der Waals surface area contributed by atoms with Gasteiger partial charge in [-0.05, 0) is 30.5 Å². The molecule has 8 heteroatoms. The Morgan fingerprint density at radius 1 is 1.36 bits per heavy atom. The van der Waals surface area contributed by atoms with Gasteiger partial charge in [-0.15, -0.1) is 0 Å². The molecule has 2 aliphatic rings. The summed E-state index contributed by atoms with van der Waals surface area (Å²) in [7, 11) is -1.59. The summed E-state index contributed by atoms with van der Waals surface area (Å²) in [6.07, 6.45) is 5.01. The first-order valence-corrected chi connectivity index (χ1v) is 10.3. The van der Waals surface area contributed by atoms with Crippen LogP contribution in [0.3, 0.4) is 0 Å². The summed E-state index contributed by atoms with van der Waals surface area (Å²) in [5, 5.41) is 6.87. The SMILES string of the molecule is COC1N=CC(NCC2CCCO2)NC1c1ccc(S(C)(=O)=O)cc1. The predicted octanol–water partition coefficient (Wildman–Crippen LogP) is 0.872. The second-order valence-electron chi connectivity index (χ2n) is 6.43. The monoisotopic (exact) mass is 367 g/mol. The van der Waals surface area contributed by atoms with Gasteiger partial charge < -0.3 is 9.47 Å². The highest BCUT2D eigenvalue weighted by Crippen LogP contribution is 2.24. The number of methoxy groups -OCH3 is 1. The zero-order valence-electron chi connectivity index (χ0n) is 14.5. The van der Waals surface area contributed by atoms with Crippen LogP contribution in [-0.2, 0) is 19.3 Å². The van der Waals surface area contributed by atoms with E-state index in [1.165, 1.54) is 6.26 Å². The van der Waals surface area contributed by atoms with Crippen LogP contribution in [0.15, 0.2) is 34.2 Å². The van der Waals surface area contributed by atoms with E-state index in [2.05, 4.69) is 15.6 Å². The molecule has 4 atom stereocenters. The first-order chi connectivity index (χ1) is 12.0. The van der Waals surface area contributed by atoms with Crippen molar-refractivity contribution in [1.29, 1.82) is 0 Å². The van der Waals surface area contributed by atoms with Gasteiger partial charge in [0, 0.05) is 32.7 Å². The Hall–Kier alpha value is -1.32. The van der Waals surface area contributed by atoms with E-state index in [0.717, 1.165) is 31.6 Å². The van der Waals surface area contributed by atoms with Gasteiger partial charge in [-0.3, -0.25) is 15.6 Å². The molecule has 138 valence electrons. The number of sulfone groups is 1. The number of aliphatic imine (C=N–C) groups is 1. The molecule has 2 heterocycles. The molecule has 4 unspecified atom stereocenters. The molecule has 25 heavy (non-hydrogen) atoms. The predicted molar refractivity (Wildman–Crippen MR) is 95.5 cm³/mol. The molecule has 1 saturated heterocycles. The summed E-state index contributed by atoms with van der Waals surface area (Å²) in [6, 6.07) is 6.68. The minimum atomic E-state index is -3.21. The summed E-state index contributed by atoms with van der Waals surface area (Å²) in [4.78, 5) is 4.78. The molecule has 2 N–H and O–H groups in total. The fourth-order valence-electron chi connectivity index (χ4n) is 3.13. The molecular weight excluding hydrogens is 342 g/mol. The van der Waals surface area contributed by atoms with Gasteiger partial charge in [0.15, 0.2) is 16.1 Å². The van der Waals surface area contributed by atoms with E-state index in [9.17, 15) is 8.42 Å². The van der Waals surface area contributed by atoms with Gasteiger partial charge in [0.05, 0.1) is 23.2 Å². The smallest absolute Gasteiger partial charge is 0.175 e. The van der Waals surface area contributed by atoms with Crippen LogP contribution in [0.5, 0.6) is 0 Å². The maximum Gasteiger partial charge on any atom is 0.175 e. The van der Waals surface area contributed by atoms with E-state index >= 15 is 0 Å². The number of rotatable bonds is 6. The van der Waals surface area contributed by atoms with Crippen molar-refractivity contribution in [2.45, 2.75) is 42.3 Å². The Bertz CT molecular complexity index is 699. The molecule has 1 fully saturated rings. The lowest BCUT2D eigenvalue weighted by atomic mass is 10.0. The Balaban J connectivity index is 1.69. The molecule has 0 aromatic heterocycles. The van der Waals surface area contributed by atoms with Crippen molar-refractivity contribution in [3.63, 3.8) is 0 Å². The average molecular weight is 367 g/mol. The molecule has 7 nitrogen and oxygen atoms in total. The van der Waals surface area contributed by atoms with Crippen LogP contribution < -0.4 is 10.6 Å². The molecular formula is C17H25N3O4S. The second kappa shape index (κ2) is 7.92. The van der Waals surface area contributed by atoms with Crippen molar-refractivity contribution in [3.8, 4) is 0 Å². The number of benzene rings is 1. The van der Waals surface area contributed by atoms with Crippen LogP contribution in [0, 0.1) is 0 Å². The maximum absolute atomic E-state index is 11.6. The number of hydrogen-bond acceptors (Lipinski definition) is 7. The van der Waals surface area contributed by atoms with Crippen LogP contribution in [0.4, 0.5) is 0 Å². The molecule has 0 amide bonds. The Labute approximate surface area is 148 Å². The lowest BCUT2D eigenvalue weighted by Gasteiger charge is -2.33. The third-order valence-electron chi connectivity index (χ3n) is 4.52. The van der Waals surface area contributed by atoms with E-state index in [-0.39, 0.29) is 24.5 Å². The second-order valence-corrected chi connectivity index (χ2v) is 8.45. The van der Waals surface area contributed by atoms with Crippen LogP contribution >= 0.6 is 0 Å². The van der Waals surface area contributed by atoms with Gasteiger partial charge in [-0.2, -0.15) is 0 Å². The number of nitrogens with one attached hydrogen (secondary N) is 2. The molecule has 3 rings (SSSR count). The van der Waals surface area contributed by atoms with Gasteiger partial charge in [-0.25, -0.2) is 8.42 Å². The van der Waals surface area contributed by atoms with Crippen LogP contribution in [0.1, 0.15) is 24.4 Å². The van der Waals surface area contributed by atoms with E-state index < -0.39 is 9.84 Å². The van der Waals surface area contributed by atoms with Crippen LogP contribution in [0.25, 0.3) is 0 Å². The Morgan fingerprint density at radius 2 is 2.12 bits per heavy atom. The average Bonchev–Trinajstić information content (AvgIpc) is 3.12. The topological polar surface area (TPSA) is 89.0 Å². The third kappa shape index (κ3) is 4.65. The zero-order chi connectivity index (χ0) is 17.9. The van der Waals surface area contributed by atoms with E-state index in [0.29, 0.717) is 4.90 Å². The lowest BCUT2D eigenvalue weighted by Crippen LogP contribution is -2.53.